The monoisotopic (exact) mass is 425 g/mol. The van der Waals surface area contributed by atoms with Crippen molar-refractivity contribution in [3.8, 4) is 11.4 Å². The Morgan fingerprint density at radius 3 is 2.31 bits per heavy atom. The average Bonchev–Trinajstić information content (AvgIpc) is 2.88. The Hall–Kier alpha value is -1.77. The zero-order valence-electron chi connectivity index (χ0n) is 15.5. The van der Waals surface area contributed by atoms with Crippen LogP contribution in [0.5, 0.6) is 0 Å². The van der Waals surface area contributed by atoms with Crippen LogP contribution in [0.15, 0.2) is 22.9 Å². The maximum atomic E-state index is 12.7. The van der Waals surface area contributed by atoms with Gasteiger partial charge in [0, 0.05) is 31.3 Å². The first-order valence-corrected chi connectivity index (χ1v) is 9.40. The van der Waals surface area contributed by atoms with E-state index in [9.17, 15) is 4.79 Å². The first kappa shape index (κ1) is 20.5. The number of hydrogen-bond donors (Lipinski definition) is 0. The summed E-state index contributed by atoms with van der Waals surface area (Å²) in [6.07, 6.45) is 2.81. The van der Waals surface area contributed by atoms with Crippen molar-refractivity contribution >= 4 is 21.9 Å². The van der Waals surface area contributed by atoms with Crippen LogP contribution in [0.1, 0.15) is 37.0 Å². The molecule has 0 spiro atoms. The normalized spacial score (nSPS) is 11.2. The average molecular weight is 426 g/mol. The Balaban J connectivity index is 2.58. The smallest absolute Gasteiger partial charge is 0.355 e. The van der Waals surface area contributed by atoms with Crippen molar-refractivity contribution in [2.45, 2.75) is 40.5 Å². The van der Waals surface area contributed by atoms with Crippen molar-refractivity contribution < 1.29 is 19.0 Å². The van der Waals surface area contributed by atoms with Crippen molar-refractivity contribution in [1.82, 2.24) is 14.5 Å². The van der Waals surface area contributed by atoms with Gasteiger partial charge in [-0.1, -0.05) is 0 Å². The van der Waals surface area contributed by atoms with Crippen LogP contribution in [0, 0.1) is 6.92 Å². The number of hydrogen-bond acceptors (Lipinski definition) is 6. The van der Waals surface area contributed by atoms with Crippen molar-refractivity contribution in [3.63, 3.8) is 0 Å². The number of aromatic nitrogens is 3. The van der Waals surface area contributed by atoms with Crippen LogP contribution in [0.2, 0.25) is 0 Å². The molecule has 0 saturated carbocycles. The van der Waals surface area contributed by atoms with E-state index in [1.54, 1.807) is 25.4 Å². The van der Waals surface area contributed by atoms with Gasteiger partial charge in [-0.25, -0.2) is 14.8 Å². The summed E-state index contributed by atoms with van der Waals surface area (Å²) in [5.41, 5.74) is 1.83. The van der Waals surface area contributed by atoms with E-state index < -0.39 is 12.3 Å². The Morgan fingerprint density at radius 1 is 1.15 bits per heavy atom. The van der Waals surface area contributed by atoms with E-state index in [1.165, 1.54) is 0 Å². The molecular weight excluding hydrogens is 402 g/mol. The van der Waals surface area contributed by atoms with Crippen LogP contribution >= 0.6 is 15.9 Å². The summed E-state index contributed by atoms with van der Waals surface area (Å²) in [5.74, 6) is 0.0177. The Bertz CT molecular complexity index is 728. The van der Waals surface area contributed by atoms with Gasteiger partial charge in [-0.15, -0.1) is 0 Å². The molecule has 0 radical (unpaired) electrons. The zero-order valence-corrected chi connectivity index (χ0v) is 17.1. The molecule has 0 aliphatic rings. The predicted molar refractivity (Wildman–Crippen MR) is 101 cm³/mol. The van der Waals surface area contributed by atoms with E-state index in [-0.39, 0.29) is 6.61 Å². The molecule has 2 rings (SSSR count). The fourth-order valence-corrected chi connectivity index (χ4v) is 3.23. The summed E-state index contributed by atoms with van der Waals surface area (Å²) >= 11 is 3.59. The number of halogens is 1. The summed E-state index contributed by atoms with van der Waals surface area (Å²) in [5, 5.41) is 0. The standard InChI is InChI=1S/C18H24BrN3O4/c1-5-24-13(25-6-2)11-22-12(4)15(19)14(16(22)18(23)26-7-3)17-20-9-8-10-21-17/h8-10,13H,5-7,11H2,1-4H3. The van der Waals surface area contributed by atoms with Gasteiger partial charge in [0.2, 0.25) is 0 Å². The van der Waals surface area contributed by atoms with Crippen molar-refractivity contribution in [2.24, 2.45) is 0 Å². The first-order valence-electron chi connectivity index (χ1n) is 8.61. The number of carbonyl (C=O) groups excluding carboxylic acids is 1. The minimum atomic E-state index is -0.472. The largest absolute Gasteiger partial charge is 0.461 e. The second-order valence-electron chi connectivity index (χ2n) is 5.37. The molecule has 26 heavy (non-hydrogen) atoms. The van der Waals surface area contributed by atoms with Crippen LogP contribution < -0.4 is 0 Å². The molecule has 0 saturated heterocycles. The highest BCUT2D eigenvalue weighted by molar-refractivity contribution is 9.10. The number of esters is 1. The van der Waals surface area contributed by atoms with E-state index in [2.05, 4.69) is 25.9 Å². The molecule has 2 aromatic heterocycles. The van der Waals surface area contributed by atoms with E-state index >= 15 is 0 Å². The molecule has 7 nitrogen and oxygen atoms in total. The molecule has 2 aromatic rings. The topological polar surface area (TPSA) is 75.5 Å². The van der Waals surface area contributed by atoms with Gasteiger partial charge in [-0.2, -0.15) is 0 Å². The van der Waals surface area contributed by atoms with Gasteiger partial charge < -0.3 is 18.8 Å². The molecule has 0 aliphatic heterocycles. The molecule has 0 atom stereocenters. The van der Waals surface area contributed by atoms with Crippen LogP contribution in [-0.4, -0.2) is 46.6 Å². The van der Waals surface area contributed by atoms with E-state index in [0.717, 1.165) is 10.2 Å². The summed E-state index contributed by atoms with van der Waals surface area (Å²) in [6, 6.07) is 1.73. The minimum Gasteiger partial charge on any atom is -0.461 e. The van der Waals surface area contributed by atoms with Gasteiger partial charge in [0.15, 0.2) is 12.1 Å². The highest BCUT2D eigenvalue weighted by Crippen LogP contribution is 2.35. The molecule has 0 bridgehead atoms. The van der Waals surface area contributed by atoms with Gasteiger partial charge in [0.1, 0.15) is 5.69 Å². The molecule has 0 N–H and O–H groups in total. The maximum Gasteiger partial charge on any atom is 0.355 e. The molecule has 8 heteroatoms. The lowest BCUT2D eigenvalue weighted by Crippen LogP contribution is -2.26. The van der Waals surface area contributed by atoms with Gasteiger partial charge >= 0.3 is 5.97 Å². The fraction of sp³-hybridized carbons (Fsp3) is 0.500. The van der Waals surface area contributed by atoms with Crippen LogP contribution in [0.4, 0.5) is 0 Å². The Kier molecular flexibility index (Phi) is 7.74. The summed E-state index contributed by atoms with van der Waals surface area (Å²) in [6.45, 7) is 9.14. The first-order chi connectivity index (χ1) is 12.5. The van der Waals surface area contributed by atoms with Gasteiger partial charge in [-0.05, 0) is 49.7 Å². The number of carbonyl (C=O) groups is 1. The molecule has 0 fully saturated rings. The van der Waals surface area contributed by atoms with Crippen molar-refractivity contribution in [3.05, 3.63) is 34.3 Å². The number of nitrogens with zero attached hydrogens (tertiary/aromatic N) is 3. The van der Waals surface area contributed by atoms with E-state index in [1.807, 2.05) is 25.3 Å². The lowest BCUT2D eigenvalue weighted by Gasteiger charge is -2.20. The molecule has 142 valence electrons. The SMILES string of the molecule is CCOC(=O)c1c(-c2ncccn2)c(Br)c(C)n1CC(OCC)OCC. The highest BCUT2D eigenvalue weighted by atomic mass is 79.9. The molecular formula is C18H24BrN3O4. The molecule has 2 heterocycles. The highest BCUT2D eigenvalue weighted by Gasteiger charge is 2.29. The van der Waals surface area contributed by atoms with E-state index in [4.69, 9.17) is 14.2 Å². The minimum absolute atomic E-state index is 0.274. The predicted octanol–water partition coefficient (Wildman–Crippen LogP) is 3.59. The molecule has 0 aliphatic carbocycles. The van der Waals surface area contributed by atoms with Gasteiger partial charge in [0.25, 0.3) is 0 Å². The maximum absolute atomic E-state index is 12.7. The summed E-state index contributed by atoms with van der Waals surface area (Å²) in [4.78, 5) is 21.3. The summed E-state index contributed by atoms with van der Waals surface area (Å²) in [7, 11) is 0. The van der Waals surface area contributed by atoms with Crippen molar-refractivity contribution in [2.75, 3.05) is 19.8 Å². The van der Waals surface area contributed by atoms with Crippen LogP contribution in [-0.2, 0) is 20.8 Å². The summed E-state index contributed by atoms with van der Waals surface area (Å²) < 4.78 is 19.2. The fourth-order valence-electron chi connectivity index (χ4n) is 2.65. The zero-order chi connectivity index (χ0) is 19.1. The molecule has 0 aromatic carbocycles. The van der Waals surface area contributed by atoms with Gasteiger partial charge in [0.05, 0.1) is 23.2 Å². The lowest BCUT2D eigenvalue weighted by molar-refractivity contribution is -0.143. The lowest BCUT2D eigenvalue weighted by atomic mass is 10.2. The number of rotatable bonds is 9. The second kappa shape index (κ2) is 9.80. The third-order valence-electron chi connectivity index (χ3n) is 3.74. The van der Waals surface area contributed by atoms with Crippen LogP contribution in [0.3, 0.4) is 0 Å². The molecule has 0 unspecified atom stereocenters. The van der Waals surface area contributed by atoms with Gasteiger partial charge in [-0.3, -0.25) is 0 Å². The van der Waals surface area contributed by atoms with Crippen molar-refractivity contribution in [1.29, 1.82) is 0 Å². The molecule has 0 amide bonds. The quantitative estimate of drug-likeness (QED) is 0.451. The van der Waals surface area contributed by atoms with Crippen LogP contribution in [0.25, 0.3) is 11.4 Å². The number of ether oxygens (including phenoxy) is 3. The Labute approximate surface area is 161 Å². The van der Waals surface area contributed by atoms with E-state index in [0.29, 0.717) is 36.8 Å². The second-order valence-corrected chi connectivity index (χ2v) is 6.16. The third kappa shape index (κ3) is 4.49. The Morgan fingerprint density at radius 2 is 1.77 bits per heavy atom. The third-order valence-corrected chi connectivity index (χ3v) is 4.71.